The summed E-state index contributed by atoms with van der Waals surface area (Å²) in [6.07, 6.45) is 5.64. The fourth-order valence-corrected chi connectivity index (χ4v) is 3.28. The van der Waals surface area contributed by atoms with E-state index in [0.29, 0.717) is 12.5 Å². The highest BCUT2D eigenvalue weighted by atomic mass is 16.4. The summed E-state index contributed by atoms with van der Waals surface area (Å²) in [5.41, 5.74) is 0. The number of carboxylic acid groups (broad SMARTS) is 1. The van der Waals surface area contributed by atoms with Gasteiger partial charge in [0.1, 0.15) is 6.04 Å². The highest BCUT2D eigenvalue weighted by molar-refractivity contribution is 5.82. The van der Waals surface area contributed by atoms with Gasteiger partial charge in [0.2, 0.25) is 0 Å². The van der Waals surface area contributed by atoms with Crippen LogP contribution in [0.1, 0.15) is 38.5 Å². The number of carbonyl (C=O) groups is 2. The zero-order valence-electron chi connectivity index (χ0n) is 11.0. The molecule has 2 fully saturated rings. The van der Waals surface area contributed by atoms with Crippen molar-refractivity contribution < 1.29 is 19.8 Å². The Labute approximate surface area is 112 Å². The molecule has 2 rings (SSSR count). The van der Waals surface area contributed by atoms with Crippen LogP contribution in [0, 0.1) is 5.92 Å². The number of aliphatic carboxylic acids is 1. The largest absolute Gasteiger partial charge is 0.480 e. The molecule has 0 aromatic carbocycles. The van der Waals surface area contributed by atoms with Crippen LogP contribution in [0.15, 0.2) is 0 Å². The van der Waals surface area contributed by atoms with Gasteiger partial charge in [-0.05, 0) is 25.2 Å². The third-order valence-electron chi connectivity index (χ3n) is 4.28. The SMILES string of the molecule is O=C(O)[C@@H](CCO)NC(=O)N1CCC2CCCCC21. The summed E-state index contributed by atoms with van der Waals surface area (Å²) in [6.45, 7) is 0.468. The molecule has 0 aromatic heterocycles. The van der Waals surface area contributed by atoms with Gasteiger partial charge in [-0.1, -0.05) is 12.8 Å². The van der Waals surface area contributed by atoms with Gasteiger partial charge in [0.15, 0.2) is 0 Å². The molecule has 2 amide bonds. The molecule has 6 heteroatoms. The minimum absolute atomic E-state index is 0.0447. The predicted octanol–water partition coefficient (Wildman–Crippen LogP) is 0.796. The van der Waals surface area contributed by atoms with Crippen molar-refractivity contribution >= 4 is 12.0 Å². The lowest BCUT2D eigenvalue weighted by atomic mass is 9.85. The van der Waals surface area contributed by atoms with Gasteiger partial charge in [0, 0.05) is 25.6 Å². The van der Waals surface area contributed by atoms with Crippen molar-refractivity contribution in [3.8, 4) is 0 Å². The van der Waals surface area contributed by atoms with Gasteiger partial charge in [-0.3, -0.25) is 0 Å². The molecule has 1 aliphatic heterocycles. The smallest absolute Gasteiger partial charge is 0.326 e. The van der Waals surface area contributed by atoms with Crippen molar-refractivity contribution in [3.05, 3.63) is 0 Å². The van der Waals surface area contributed by atoms with Crippen molar-refractivity contribution in [1.29, 1.82) is 0 Å². The number of urea groups is 1. The number of carbonyl (C=O) groups excluding carboxylic acids is 1. The Morgan fingerprint density at radius 3 is 2.68 bits per heavy atom. The quantitative estimate of drug-likeness (QED) is 0.704. The normalized spacial score (nSPS) is 27.7. The number of aliphatic hydroxyl groups is 1. The van der Waals surface area contributed by atoms with Crippen LogP contribution in [0.3, 0.4) is 0 Å². The number of hydrogen-bond acceptors (Lipinski definition) is 3. The van der Waals surface area contributed by atoms with Crippen LogP contribution in [-0.4, -0.2) is 52.3 Å². The highest BCUT2D eigenvalue weighted by Gasteiger charge is 2.38. The van der Waals surface area contributed by atoms with Crippen LogP contribution in [0.4, 0.5) is 4.79 Å². The lowest BCUT2D eigenvalue weighted by Gasteiger charge is -2.32. The second kappa shape index (κ2) is 6.23. The number of hydrogen-bond donors (Lipinski definition) is 3. The first-order valence-corrected chi connectivity index (χ1v) is 7.04. The molecule has 19 heavy (non-hydrogen) atoms. The first-order chi connectivity index (χ1) is 9.13. The Hall–Kier alpha value is -1.30. The Kier molecular flexibility index (Phi) is 4.63. The van der Waals surface area contributed by atoms with Gasteiger partial charge in [-0.2, -0.15) is 0 Å². The van der Waals surface area contributed by atoms with Gasteiger partial charge in [0.25, 0.3) is 0 Å². The molecule has 0 spiro atoms. The maximum atomic E-state index is 12.2. The van der Waals surface area contributed by atoms with Gasteiger partial charge in [0.05, 0.1) is 0 Å². The lowest BCUT2D eigenvalue weighted by molar-refractivity contribution is -0.139. The number of fused-ring (bicyclic) bond motifs is 1. The monoisotopic (exact) mass is 270 g/mol. The number of amides is 2. The van der Waals surface area contributed by atoms with E-state index in [1.165, 1.54) is 12.8 Å². The number of rotatable bonds is 4. The van der Waals surface area contributed by atoms with Crippen molar-refractivity contribution in [2.45, 2.75) is 50.6 Å². The predicted molar refractivity (Wildman–Crippen MR) is 68.7 cm³/mol. The van der Waals surface area contributed by atoms with Gasteiger partial charge in [-0.25, -0.2) is 9.59 Å². The zero-order chi connectivity index (χ0) is 13.8. The molecular formula is C13H22N2O4. The minimum atomic E-state index is -1.10. The number of carboxylic acids is 1. The van der Waals surface area contributed by atoms with E-state index in [1.54, 1.807) is 4.90 Å². The minimum Gasteiger partial charge on any atom is -0.480 e. The van der Waals surface area contributed by atoms with E-state index in [9.17, 15) is 9.59 Å². The van der Waals surface area contributed by atoms with Crippen molar-refractivity contribution in [2.24, 2.45) is 5.92 Å². The number of likely N-dealkylation sites (tertiary alicyclic amines) is 1. The van der Waals surface area contributed by atoms with Crippen LogP contribution < -0.4 is 5.32 Å². The molecule has 0 radical (unpaired) electrons. The average molecular weight is 270 g/mol. The molecular weight excluding hydrogens is 248 g/mol. The summed E-state index contributed by atoms with van der Waals surface area (Å²) >= 11 is 0. The first-order valence-electron chi connectivity index (χ1n) is 7.04. The van der Waals surface area contributed by atoms with Crippen LogP contribution in [0.5, 0.6) is 0 Å². The second-order valence-corrected chi connectivity index (χ2v) is 5.45. The molecule has 0 bridgehead atoms. The molecule has 3 N–H and O–H groups in total. The van der Waals surface area contributed by atoms with Gasteiger partial charge in [-0.15, -0.1) is 0 Å². The third kappa shape index (κ3) is 3.18. The van der Waals surface area contributed by atoms with E-state index in [0.717, 1.165) is 19.3 Å². The lowest BCUT2D eigenvalue weighted by Crippen LogP contribution is -2.50. The number of nitrogens with zero attached hydrogens (tertiary/aromatic N) is 1. The molecule has 2 aliphatic rings. The summed E-state index contributed by atoms with van der Waals surface area (Å²) in [5.74, 6) is -0.512. The Morgan fingerprint density at radius 1 is 1.26 bits per heavy atom. The van der Waals surface area contributed by atoms with E-state index < -0.39 is 12.0 Å². The maximum Gasteiger partial charge on any atom is 0.326 e. The Balaban J connectivity index is 1.93. The molecule has 1 saturated carbocycles. The van der Waals surface area contributed by atoms with E-state index in [4.69, 9.17) is 10.2 Å². The zero-order valence-corrected chi connectivity index (χ0v) is 11.0. The number of nitrogens with one attached hydrogen (secondary N) is 1. The number of aliphatic hydroxyl groups excluding tert-OH is 1. The second-order valence-electron chi connectivity index (χ2n) is 5.45. The molecule has 0 aromatic rings. The Morgan fingerprint density at radius 2 is 2.00 bits per heavy atom. The average Bonchev–Trinajstić information content (AvgIpc) is 2.81. The van der Waals surface area contributed by atoms with Crippen LogP contribution >= 0.6 is 0 Å². The molecule has 1 heterocycles. The van der Waals surface area contributed by atoms with Gasteiger partial charge >= 0.3 is 12.0 Å². The van der Waals surface area contributed by atoms with Gasteiger partial charge < -0.3 is 20.4 Å². The molecule has 3 atom stereocenters. The maximum absolute atomic E-state index is 12.2. The molecule has 108 valence electrons. The standard InChI is InChI=1S/C13H22N2O4/c16-8-6-10(12(17)18)14-13(19)15-7-5-9-3-1-2-4-11(9)15/h9-11,16H,1-8H2,(H,14,19)(H,17,18)/t9?,10-,11?/m1/s1. The van der Waals surface area contributed by atoms with Crippen LogP contribution in [0.2, 0.25) is 0 Å². The van der Waals surface area contributed by atoms with E-state index in [2.05, 4.69) is 5.32 Å². The third-order valence-corrected chi connectivity index (χ3v) is 4.28. The topological polar surface area (TPSA) is 89.9 Å². The molecule has 6 nitrogen and oxygen atoms in total. The van der Waals surface area contributed by atoms with E-state index in [1.807, 2.05) is 0 Å². The van der Waals surface area contributed by atoms with Crippen molar-refractivity contribution in [3.63, 3.8) is 0 Å². The molecule has 2 unspecified atom stereocenters. The first kappa shape index (κ1) is 14.1. The van der Waals surface area contributed by atoms with Crippen molar-refractivity contribution in [2.75, 3.05) is 13.2 Å². The fourth-order valence-electron chi connectivity index (χ4n) is 3.28. The summed E-state index contributed by atoms with van der Waals surface area (Å²) in [7, 11) is 0. The summed E-state index contributed by atoms with van der Waals surface area (Å²) < 4.78 is 0. The Bertz CT molecular complexity index is 348. The van der Waals surface area contributed by atoms with Crippen LogP contribution in [0.25, 0.3) is 0 Å². The summed E-state index contributed by atoms with van der Waals surface area (Å²) in [5, 5.41) is 20.3. The van der Waals surface area contributed by atoms with Crippen LogP contribution in [-0.2, 0) is 4.79 Å². The summed E-state index contributed by atoms with van der Waals surface area (Å²) in [6, 6.07) is -1.02. The fraction of sp³-hybridized carbons (Fsp3) is 0.846. The van der Waals surface area contributed by atoms with Crippen molar-refractivity contribution in [1.82, 2.24) is 10.2 Å². The van der Waals surface area contributed by atoms with E-state index in [-0.39, 0.29) is 25.1 Å². The summed E-state index contributed by atoms with van der Waals surface area (Å²) in [4.78, 5) is 24.9. The highest BCUT2D eigenvalue weighted by Crippen LogP contribution is 2.36. The molecule has 1 aliphatic carbocycles. The molecule has 1 saturated heterocycles. The van der Waals surface area contributed by atoms with E-state index >= 15 is 0 Å².